The third-order valence-corrected chi connectivity index (χ3v) is 5.37. The van der Waals surface area contributed by atoms with Gasteiger partial charge in [0.2, 0.25) is 0 Å². The lowest BCUT2D eigenvalue weighted by atomic mass is 10.0. The summed E-state index contributed by atoms with van der Waals surface area (Å²) in [6.45, 7) is 6.50. The zero-order chi connectivity index (χ0) is 14.7. The van der Waals surface area contributed by atoms with E-state index in [-0.39, 0.29) is 6.04 Å². The smallest absolute Gasteiger partial charge is 0.0711 e. The molecule has 0 bridgehead atoms. The Morgan fingerprint density at radius 3 is 2.76 bits per heavy atom. The molecule has 0 aliphatic carbocycles. The minimum Gasteiger partial charge on any atom is -0.315 e. The minimum atomic E-state index is 0.275. The van der Waals surface area contributed by atoms with Gasteiger partial charge in [0.1, 0.15) is 0 Å². The summed E-state index contributed by atoms with van der Waals surface area (Å²) >= 11 is 8.38. The maximum Gasteiger partial charge on any atom is 0.0711 e. The van der Waals surface area contributed by atoms with Crippen LogP contribution in [0.1, 0.15) is 27.8 Å². The van der Waals surface area contributed by atoms with Gasteiger partial charge < -0.3 is 5.32 Å². The average molecular weight is 321 g/mol. The van der Waals surface area contributed by atoms with E-state index in [1.165, 1.54) is 21.7 Å². The van der Waals surface area contributed by atoms with Crippen molar-refractivity contribution in [1.29, 1.82) is 0 Å². The first-order valence-corrected chi connectivity index (χ1v) is 8.70. The first-order valence-electron chi connectivity index (χ1n) is 7.51. The molecule has 1 aromatic heterocycles. The molecule has 0 spiro atoms. The summed E-state index contributed by atoms with van der Waals surface area (Å²) in [7, 11) is 0. The molecule has 0 radical (unpaired) electrons. The van der Waals surface area contributed by atoms with E-state index >= 15 is 0 Å². The van der Waals surface area contributed by atoms with Crippen molar-refractivity contribution in [3.63, 3.8) is 0 Å². The topological polar surface area (TPSA) is 15.3 Å². The monoisotopic (exact) mass is 320 g/mol. The van der Waals surface area contributed by atoms with Gasteiger partial charge in [-0.15, -0.1) is 11.3 Å². The largest absolute Gasteiger partial charge is 0.315 e. The number of hydrogen-bond acceptors (Lipinski definition) is 3. The summed E-state index contributed by atoms with van der Waals surface area (Å²) in [6, 6.07) is 13.0. The molecule has 0 amide bonds. The van der Waals surface area contributed by atoms with Crippen LogP contribution in [0.5, 0.6) is 0 Å². The lowest BCUT2D eigenvalue weighted by molar-refractivity contribution is 0.244. The van der Waals surface area contributed by atoms with E-state index in [0.717, 1.165) is 31.2 Å². The van der Waals surface area contributed by atoms with Gasteiger partial charge >= 0.3 is 0 Å². The number of nitrogens with one attached hydrogen (secondary N) is 1. The van der Waals surface area contributed by atoms with Crippen molar-refractivity contribution < 1.29 is 0 Å². The number of benzene rings is 1. The number of rotatable bonds is 3. The van der Waals surface area contributed by atoms with Crippen molar-refractivity contribution in [2.24, 2.45) is 0 Å². The number of thiophene rings is 1. The predicted molar refractivity (Wildman–Crippen MR) is 91.4 cm³/mol. The molecule has 1 atom stereocenters. The quantitative estimate of drug-likeness (QED) is 0.916. The van der Waals surface area contributed by atoms with Crippen LogP contribution in [0.25, 0.3) is 0 Å². The standard InChI is InChI=1S/C17H21ClN2S/c1-13-7-8-16(21-13)17(14-5-2-3-6-15(14)18)20-11-4-9-19-10-12-20/h2-3,5-8,17,19H,4,9-12H2,1H3. The average Bonchev–Trinajstić information content (AvgIpc) is 2.74. The molecular weight excluding hydrogens is 300 g/mol. The highest BCUT2D eigenvalue weighted by Crippen LogP contribution is 2.36. The second kappa shape index (κ2) is 6.93. The lowest BCUT2D eigenvalue weighted by Gasteiger charge is -2.30. The van der Waals surface area contributed by atoms with Gasteiger partial charge in [0.05, 0.1) is 6.04 Å². The van der Waals surface area contributed by atoms with Gasteiger partial charge in [-0.1, -0.05) is 29.8 Å². The molecule has 1 saturated heterocycles. The number of hydrogen-bond donors (Lipinski definition) is 1. The molecule has 1 aliphatic rings. The number of aryl methyl sites for hydroxylation is 1. The second-order valence-corrected chi connectivity index (χ2v) is 7.24. The highest BCUT2D eigenvalue weighted by atomic mass is 35.5. The maximum absolute atomic E-state index is 6.50. The van der Waals surface area contributed by atoms with E-state index in [2.05, 4.69) is 41.4 Å². The maximum atomic E-state index is 6.50. The van der Waals surface area contributed by atoms with Gasteiger partial charge in [-0.2, -0.15) is 0 Å². The summed E-state index contributed by atoms with van der Waals surface area (Å²) in [5.74, 6) is 0. The van der Waals surface area contributed by atoms with Crippen molar-refractivity contribution in [3.8, 4) is 0 Å². The fourth-order valence-electron chi connectivity index (χ4n) is 2.95. The first kappa shape index (κ1) is 15.0. The summed E-state index contributed by atoms with van der Waals surface area (Å²) in [4.78, 5) is 5.31. The Hall–Kier alpha value is -0.870. The van der Waals surface area contributed by atoms with Crippen LogP contribution in [-0.4, -0.2) is 31.1 Å². The van der Waals surface area contributed by atoms with E-state index in [1.807, 2.05) is 23.5 Å². The third-order valence-electron chi connectivity index (χ3n) is 3.97. The molecule has 1 aromatic carbocycles. The van der Waals surface area contributed by atoms with E-state index < -0.39 is 0 Å². The Kier molecular flexibility index (Phi) is 4.96. The van der Waals surface area contributed by atoms with Crippen LogP contribution < -0.4 is 5.32 Å². The summed E-state index contributed by atoms with van der Waals surface area (Å²) < 4.78 is 0. The van der Waals surface area contributed by atoms with Crippen molar-refractivity contribution in [1.82, 2.24) is 10.2 Å². The van der Waals surface area contributed by atoms with Gasteiger partial charge in [-0.3, -0.25) is 4.90 Å². The predicted octanol–water partition coefficient (Wildman–Crippen LogP) is 4.09. The zero-order valence-corrected chi connectivity index (χ0v) is 13.9. The summed E-state index contributed by atoms with van der Waals surface area (Å²) in [5.41, 5.74) is 1.22. The number of halogens is 1. The summed E-state index contributed by atoms with van der Waals surface area (Å²) in [6.07, 6.45) is 1.19. The van der Waals surface area contributed by atoms with E-state index in [1.54, 1.807) is 0 Å². The van der Waals surface area contributed by atoms with Crippen molar-refractivity contribution in [3.05, 3.63) is 56.7 Å². The molecule has 1 fully saturated rings. The summed E-state index contributed by atoms with van der Waals surface area (Å²) in [5, 5.41) is 4.35. The molecule has 2 nitrogen and oxygen atoms in total. The highest BCUT2D eigenvalue weighted by molar-refractivity contribution is 7.12. The lowest BCUT2D eigenvalue weighted by Crippen LogP contribution is -2.32. The fraction of sp³-hybridized carbons (Fsp3) is 0.412. The van der Waals surface area contributed by atoms with E-state index in [4.69, 9.17) is 11.6 Å². The normalized spacial score (nSPS) is 18.4. The van der Waals surface area contributed by atoms with Crippen LogP contribution in [0.4, 0.5) is 0 Å². The molecule has 1 N–H and O–H groups in total. The SMILES string of the molecule is Cc1ccc(C(c2ccccc2Cl)N2CCCNCC2)s1. The first-order chi connectivity index (χ1) is 10.3. The number of nitrogens with zero attached hydrogens (tertiary/aromatic N) is 1. The molecule has 21 heavy (non-hydrogen) atoms. The highest BCUT2D eigenvalue weighted by Gasteiger charge is 2.25. The van der Waals surface area contributed by atoms with E-state index in [9.17, 15) is 0 Å². The molecule has 112 valence electrons. The van der Waals surface area contributed by atoms with Gasteiger partial charge in [0.15, 0.2) is 0 Å². The molecular formula is C17H21ClN2S. The van der Waals surface area contributed by atoms with Gasteiger partial charge in [-0.05, 0) is 43.7 Å². The minimum absolute atomic E-state index is 0.275. The Morgan fingerprint density at radius 2 is 2.00 bits per heavy atom. The zero-order valence-electron chi connectivity index (χ0n) is 12.3. The molecule has 1 unspecified atom stereocenters. The van der Waals surface area contributed by atoms with E-state index in [0.29, 0.717) is 0 Å². The molecule has 2 aromatic rings. The Labute approximate surface area is 135 Å². The van der Waals surface area contributed by atoms with Crippen LogP contribution >= 0.6 is 22.9 Å². The Balaban J connectivity index is 2.00. The van der Waals surface area contributed by atoms with Gasteiger partial charge in [0, 0.05) is 34.4 Å². The molecule has 2 heterocycles. The van der Waals surface area contributed by atoms with Crippen LogP contribution in [-0.2, 0) is 0 Å². The van der Waals surface area contributed by atoms with Crippen molar-refractivity contribution in [2.45, 2.75) is 19.4 Å². The molecule has 4 heteroatoms. The van der Waals surface area contributed by atoms with Crippen LogP contribution in [0.3, 0.4) is 0 Å². The Morgan fingerprint density at radius 1 is 1.14 bits per heavy atom. The molecule has 1 aliphatic heterocycles. The van der Waals surface area contributed by atoms with Crippen LogP contribution in [0, 0.1) is 6.92 Å². The Bertz CT molecular complexity index is 588. The molecule has 0 saturated carbocycles. The fourth-order valence-corrected chi connectivity index (χ4v) is 4.22. The third kappa shape index (κ3) is 3.49. The molecule has 3 rings (SSSR count). The van der Waals surface area contributed by atoms with Crippen LogP contribution in [0.2, 0.25) is 5.02 Å². The van der Waals surface area contributed by atoms with Gasteiger partial charge in [0.25, 0.3) is 0 Å². The van der Waals surface area contributed by atoms with Gasteiger partial charge in [-0.25, -0.2) is 0 Å². The second-order valence-electron chi connectivity index (χ2n) is 5.51. The van der Waals surface area contributed by atoms with Crippen LogP contribution in [0.15, 0.2) is 36.4 Å². The van der Waals surface area contributed by atoms with Crippen molar-refractivity contribution >= 4 is 22.9 Å². The van der Waals surface area contributed by atoms with Crippen molar-refractivity contribution in [2.75, 3.05) is 26.2 Å².